The van der Waals surface area contributed by atoms with E-state index in [0.29, 0.717) is 0 Å². The van der Waals surface area contributed by atoms with E-state index in [0.717, 1.165) is 22.9 Å². The second kappa shape index (κ2) is 4.76. The Morgan fingerprint density at radius 2 is 2.38 bits per heavy atom. The minimum absolute atomic E-state index is 0.270. The maximum Gasteiger partial charge on any atom is 0.0898 e. The average Bonchev–Trinajstić information content (AvgIpc) is 2.84. The Bertz CT molecular complexity index is 460. The zero-order valence-electron chi connectivity index (χ0n) is 9.77. The average molecular weight is 236 g/mol. The molecule has 2 heterocycles. The highest BCUT2D eigenvalue weighted by Gasteiger charge is 2.08. The van der Waals surface area contributed by atoms with Crippen LogP contribution in [0.15, 0.2) is 17.6 Å². The summed E-state index contributed by atoms with van der Waals surface area (Å²) in [5.41, 5.74) is 2.17. The normalized spacial score (nSPS) is 12.9. The molecule has 0 saturated carbocycles. The Labute approximate surface area is 99.3 Å². The zero-order chi connectivity index (χ0) is 11.5. The predicted octanol–water partition coefficient (Wildman–Crippen LogP) is 2.04. The van der Waals surface area contributed by atoms with Crippen molar-refractivity contribution < 1.29 is 0 Å². The van der Waals surface area contributed by atoms with Crippen LogP contribution in [0.1, 0.15) is 29.4 Å². The predicted molar refractivity (Wildman–Crippen MR) is 65.3 cm³/mol. The quantitative estimate of drug-likeness (QED) is 0.883. The standard InChI is InChI=1S/C11H16N4S/c1-8(11-7-16-9(2)13-11)12-6-10-4-5-15(3)14-10/h4-5,7-8,12H,6H2,1-3H3. The zero-order valence-corrected chi connectivity index (χ0v) is 10.6. The van der Waals surface area contributed by atoms with E-state index in [2.05, 4.69) is 27.7 Å². The van der Waals surface area contributed by atoms with Gasteiger partial charge < -0.3 is 5.32 Å². The molecule has 0 aliphatic rings. The first kappa shape index (κ1) is 11.3. The number of hydrogen-bond donors (Lipinski definition) is 1. The van der Waals surface area contributed by atoms with Gasteiger partial charge in [0.05, 0.1) is 16.4 Å². The van der Waals surface area contributed by atoms with E-state index >= 15 is 0 Å². The van der Waals surface area contributed by atoms with Crippen LogP contribution < -0.4 is 5.32 Å². The summed E-state index contributed by atoms with van der Waals surface area (Å²) in [7, 11) is 1.93. The van der Waals surface area contributed by atoms with Gasteiger partial charge >= 0.3 is 0 Å². The number of aryl methyl sites for hydroxylation is 2. The maximum absolute atomic E-state index is 4.46. The van der Waals surface area contributed by atoms with Crippen molar-refractivity contribution >= 4 is 11.3 Å². The van der Waals surface area contributed by atoms with Gasteiger partial charge in [0.1, 0.15) is 0 Å². The van der Waals surface area contributed by atoms with Crippen molar-refractivity contribution in [2.45, 2.75) is 26.4 Å². The van der Waals surface area contributed by atoms with Gasteiger partial charge in [-0.1, -0.05) is 0 Å². The fourth-order valence-corrected chi connectivity index (χ4v) is 2.20. The Balaban J connectivity index is 1.91. The van der Waals surface area contributed by atoms with Crippen molar-refractivity contribution in [3.05, 3.63) is 34.0 Å². The molecule has 16 heavy (non-hydrogen) atoms. The molecule has 2 aromatic rings. The fraction of sp³-hybridized carbons (Fsp3) is 0.455. The second-order valence-corrected chi connectivity index (χ2v) is 4.94. The van der Waals surface area contributed by atoms with Crippen LogP contribution in [0, 0.1) is 6.92 Å². The number of nitrogens with zero attached hydrogens (tertiary/aromatic N) is 3. The molecule has 0 spiro atoms. The lowest BCUT2D eigenvalue weighted by Crippen LogP contribution is -2.18. The lowest BCUT2D eigenvalue weighted by atomic mass is 10.2. The van der Waals surface area contributed by atoms with E-state index in [9.17, 15) is 0 Å². The third kappa shape index (κ3) is 2.68. The van der Waals surface area contributed by atoms with Crippen LogP contribution in [-0.2, 0) is 13.6 Å². The van der Waals surface area contributed by atoms with E-state index in [-0.39, 0.29) is 6.04 Å². The van der Waals surface area contributed by atoms with Gasteiger partial charge in [-0.15, -0.1) is 11.3 Å². The van der Waals surface area contributed by atoms with E-state index in [4.69, 9.17) is 0 Å². The second-order valence-electron chi connectivity index (χ2n) is 3.87. The van der Waals surface area contributed by atoms with Crippen LogP contribution in [0.4, 0.5) is 0 Å². The molecule has 5 heteroatoms. The smallest absolute Gasteiger partial charge is 0.0898 e. The molecule has 0 aliphatic carbocycles. The van der Waals surface area contributed by atoms with Gasteiger partial charge in [-0.05, 0) is 19.9 Å². The molecule has 4 nitrogen and oxygen atoms in total. The lowest BCUT2D eigenvalue weighted by Gasteiger charge is -2.09. The van der Waals surface area contributed by atoms with Crippen molar-refractivity contribution in [3.8, 4) is 0 Å². The van der Waals surface area contributed by atoms with E-state index in [1.165, 1.54) is 0 Å². The first-order chi connectivity index (χ1) is 7.65. The molecule has 0 radical (unpaired) electrons. The molecule has 0 aliphatic heterocycles. The summed E-state index contributed by atoms with van der Waals surface area (Å²) in [6.07, 6.45) is 1.95. The minimum Gasteiger partial charge on any atom is -0.303 e. The van der Waals surface area contributed by atoms with Crippen molar-refractivity contribution in [2.24, 2.45) is 7.05 Å². The largest absolute Gasteiger partial charge is 0.303 e. The van der Waals surface area contributed by atoms with Crippen LogP contribution in [0.2, 0.25) is 0 Å². The van der Waals surface area contributed by atoms with Crippen LogP contribution in [0.5, 0.6) is 0 Å². The Hall–Kier alpha value is -1.20. The number of rotatable bonds is 4. The first-order valence-corrected chi connectivity index (χ1v) is 6.17. The van der Waals surface area contributed by atoms with E-state index in [1.807, 2.05) is 30.9 Å². The summed E-state index contributed by atoms with van der Waals surface area (Å²) < 4.78 is 1.81. The monoisotopic (exact) mass is 236 g/mol. The molecular formula is C11H16N4S. The molecular weight excluding hydrogens is 220 g/mol. The molecule has 1 N–H and O–H groups in total. The van der Waals surface area contributed by atoms with Crippen LogP contribution >= 0.6 is 11.3 Å². The Kier molecular flexibility index (Phi) is 3.36. The molecule has 1 unspecified atom stereocenters. The van der Waals surface area contributed by atoms with Gasteiger partial charge in [-0.2, -0.15) is 5.10 Å². The Morgan fingerprint density at radius 3 is 2.94 bits per heavy atom. The van der Waals surface area contributed by atoms with Crippen LogP contribution in [0.25, 0.3) is 0 Å². The van der Waals surface area contributed by atoms with Gasteiger partial charge in [0.2, 0.25) is 0 Å². The number of hydrogen-bond acceptors (Lipinski definition) is 4. The summed E-state index contributed by atoms with van der Waals surface area (Å²) in [4.78, 5) is 4.46. The fourth-order valence-electron chi connectivity index (χ4n) is 1.50. The summed E-state index contributed by atoms with van der Waals surface area (Å²) in [6.45, 7) is 4.93. The molecule has 0 aromatic carbocycles. The van der Waals surface area contributed by atoms with E-state index in [1.54, 1.807) is 11.3 Å². The highest BCUT2D eigenvalue weighted by molar-refractivity contribution is 7.09. The Morgan fingerprint density at radius 1 is 1.56 bits per heavy atom. The van der Waals surface area contributed by atoms with Gasteiger partial charge in [-0.25, -0.2) is 4.98 Å². The molecule has 0 amide bonds. The third-order valence-electron chi connectivity index (χ3n) is 2.44. The summed E-state index contributed by atoms with van der Waals surface area (Å²) in [5.74, 6) is 0. The first-order valence-electron chi connectivity index (χ1n) is 5.29. The highest BCUT2D eigenvalue weighted by atomic mass is 32.1. The van der Waals surface area contributed by atoms with Crippen molar-refractivity contribution in [3.63, 3.8) is 0 Å². The van der Waals surface area contributed by atoms with Crippen LogP contribution in [-0.4, -0.2) is 14.8 Å². The van der Waals surface area contributed by atoms with Gasteiger partial charge in [0.25, 0.3) is 0 Å². The summed E-state index contributed by atoms with van der Waals surface area (Å²) in [5, 5.41) is 10.9. The van der Waals surface area contributed by atoms with Crippen molar-refractivity contribution in [1.82, 2.24) is 20.1 Å². The topological polar surface area (TPSA) is 42.7 Å². The molecule has 86 valence electrons. The van der Waals surface area contributed by atoms with Crippen molar-refractivity contribution in [1.29, 1.82) is 0 Å². The van der Waals surface area contributed by atoms with Gasteiger partial charge in [0, 0.05) is 31.2 Å². The summed E-state index contributed by atoms with van der Waals surface area (Å²) >= 11 is 1.69. The van der Waals surface area contributed by atoms with Crippen molar-refractivity contribution in [2.75, 3.05) is 0 Å². The number of nitrogens with one attached hydrogen (secondary N) is 1. The maximum atomic E-state index is 4.46. The molecule has 0 bridgehead atoms. The lowest BCUT2D eigenvalue weighted by molar-refractivity contribution is 0.552. The molecule has 2 aromatic heterocycles. The van der Waals surface area contributed by atoms with Gasteiger partial charge in [0.15, 0.2) is 0 Å². The summed E-state index contributed by atoms with van der Waals surface area (Å²) in [6, 6.07) is 2.29. The molecule has 0 fully saturated rings. The minimum atomic E-state index is 0.270. The number of thiazole rings is 1. The number of aromatic nitrogens is 3. The van der Waals surface area contributed by atoms with Gasteiger partial charge in [-0.3, -0.25) is 4.68 Å². The highest BCUT2D eigenvalue weighted by Crippen LogP contribution is 2.15. The van der Waals surface area contributed by atoms with E-state index < -0.39 is 0 Å². The SMILES string of the molecule is Cc1nc(C(C)NCc2ccn(C)n2)cs1. The molecule has 0 saturated heterocycles. The third-order valence-corrected chi connectivity index (χ3v) is 3.23. The molecule has 1 atom stereocenters. The van der Waals surface area contributed by atoms with Crippen LogP contribution in [0.3, 0.4) is 0 Å². The molecule has 2 rings (SSSR count).